The average molecular weight is 628 g/mol. The van der Waals surface area contributed by atoms with Crippen molar-refractivity contribution >= 4 is 61.6 Å². The predicted molar refractivity (Wildman–Crippen MR) is 204 cm³/mol. The fourth-order valence-electron chi connectivity index (χ4n) is 6.72. The number of aromatic nitrogens is 2. The molecular formula is C43H37N3S. The molecule has 0 spiro atoms. The standard InChI is InChI=1S/C43H37N3S/c1-5-7-28-45-37-23-14-10-13-20-33(37)43-34-21-12-9-8-11-18-31(4)46(38(34)26-27-39(43)45)42-25-17-22-36(44-42)30(3)29-35-32-19-15-16-24-41(32)47-40(35)6-2/h2,5,7-11,13-20,22,24-27,29H,4,12,21,23,28H2,1,3H3/b7-5-,9-8?,18-11-,30-29+. The number of benzene rings is 2. The molecule has 0 radical (unpaired) electrons. The minimum Gasteiger partial charge on any atom is -0.340 e. The zero-order chi connectivity index (χ0) is 32.3. The summed E-state index contributed by atoms with van der Waals surface area (Å²) < 4.78 is 3.67. The van der Waals surface area contributed by atoms with Crippen molar-refractivity contribution in [2.75, 3.05) is 4.90 Å². The summed E-state index contributed by atoms with van der Waals surface area (Å²) in [4.78, 5) is 8.44. The van der Waals surface area contributed by atoms with Crippen molar-refractivity contribution in [3.8, 4) is 12.3 Å². The van der Waals surface area contributed by atoms with Crippen molar-refractivity contribution < 1.29 is 0 Å². The van der Waals surface area contributed by atoms with Crippen molar-refractivity contribution in [3.05, 3.63) is 155 Å². The molecule has 0 atom stereocenters. The van der Waals surface area contributed by atoms with Crippen molar-refractivity contribution in [1.82, 2.24) is 9.55 Å². The van der Waals surface area contributed by atoms with Crippen LogP contribution < -0.4 is 4.90 Å². The number of aryl methyl sites for hydroxylation is 1. The Morgan fingerprint density at radius 2 is 1.87 bits per heavy atom. The molecule has 4 heteroatoms. The van der Waals surface area contributed by atoms with Gasteiger partial charge in [-0.05, 0) is 80.3 Å². The Balaban J connectivity index is 1.40. The number of terminal acetylenes is 1. The maximum Gasteiger partial charge on any atom is 0.138 e. The lowest BCUT2D eigenvalue weighted by Gasteiger charge is -2.28. The second-order valence-electron chi connectivity index (χ2n) is 11.8. The number of anilines is 2. The second kappa shape index (κ2) is 13.2. The van der Waals surface area contributed by atoms with Crippen LogP contribution in [-0.2, 0) is 19.4 Å². The number of rotatable bonds is 5. The van der Waals surface area contributed by atoms with Crippen LogP contribution in [-0.4, -0.2) is 9.55 Å². The summed E-state index contributed by atoms with van der Waals surface area (Å²) in [5.74, 6) is 3.74. The zero-order valence-electron chi connectivity index (χ0n) is 26.9. The number of fused-ring (bicyclic) bond motifs is 6. The summed E-state index contributed by atoms with van der Waals surface area (Å²) in [6.07, 6.45) is 32.6. The molecule has 5 aromatic rings. The van der Waals surface area contributed by atoms with E-state index >= 15 is 0 Å². The van der Waals surface area contributed by atoms with Gasteiger partial charge in [0.2, 0.25) is 0 Å². The van der Waals surface area contributed by atoms with E-state index in [2.05, 4.69) is 157 Å². The van der Waals surface area contributed by atoms with Crippen LogP contribution in [0, 0.1) is 12.3 Å². The van der Waals surface area contributed by atoms with Crippen molar-refractivity contribution in [1.29, 1.82) is 0 Å². The Morgan fingerprint density at radius 1 is 1.02 bits per heavy atom. The van der Waals surface area contributed by atoms with E-state index in [1.54, 1.807) is 11.3 Å². The highest BCUT2D eigenvalue weighted by molar-refractivity contribution is 7.19. The highest BCUT2D eigenvalue weighted by Crippen LogP contribution is 2.42. The molecule has 47 heavy (non-hydrogen) atoms. The van der Waals surface area contributed by atoms with Gasteiger partial charge in [-0.2, -0.15) is 0 Å². The van der Waals surface area contributed by atoms with E-state index in [0.717, 1.165) is 64.7 Å². The Kier molecular flexibility index (Phi) is 8.48. The van der Waals surface area contributed by atoms with Crippen LogP contribution in [0.3, 0.4) is 0 Å². The van der Waals surface area contributed by atoms with E-state index in [4.69, 9.17) is 11.4 Å². The van der Waals surface area contributed by atoms with Gasteiger partial charge in [0.15, 0.2) is 0 Å². The van der Waals surface area contributed by atoms with E-state index in [0.29, 0.717) is 0 Å². The van der Waals surface area contributed by atoms with Crippen LogP contribution in [0.2, 0.25) is 0 Å². The molecule has 0 saturated carbocycles. The lowest BCUT2D eigenvalue weighted by molar-refractivity contribution is 0.807. The van der Waals surface area contributed by atoms with Gasteiger partial charge in [0.25, 0.3) is 0 Å². The number of hydrogen-bond donors (Lipinski definition) is 0. The summed E-state index contributed by atoms with van der Waals surface area (Å²) in [6.45, 7) is 9.60. The molecule has 0 N–H and O–H groups in total. The van der Waals surface area contributed by atoms with Crippen molar-refractivity contribution in [2.24, 2.45) is 0 Å². The SMILES string of the molecule is C#Cc1sc2ccccc2c1/C=C(\C)c1cccc(N2C(=C)/C=C\C=CCCc3c2ccc2c3c3c(n2C/C=C\C)CC=CC=C3)n1. The third-order valence-electron chi connectivity index (χ3n) is 8.93. The monoisotopic (exact) mass is 627 g/mol. The molecule has 7 rings (SSSR count). The quantitative estimate of drug-likeness (QED) is 0.143. The minimum absolute atomic E-state index is 0.832. The topological polar surface area (TPSA) is 21.1 Å². The number of hydrogen-bond acceptors (Lipinski definition) is 3. The summed E-state index contributed by atoms with van der Waals surface area (Å²) in [5.41, 5.74) is 10.2. The van der Waals surface area contributed by atoms with Gasteiger partial charge in [-0.25, -0.2) is 4.98 Å². The third kappa shape index (κ3) is 5.65. The number of allylic oxidation sites excluding steroid dienone is 10. The highest BCUT2D eigenvalue weighted by Gasteiger charge is 2.24. The van der Waals surface area contributed by atoms with E-state index in [9.17, 15) is 0 Å². The average Bonchev–Trinajstić information content (AvgIpc) is 3.48. The Labute approximate surface area is 281 Å². The van der Waals surface area contributed by atoms with Gasteiger partial charge < -0.3 is 4.57 Å². The summed E-state index contributed by atoms with van der Waals surface area (Å²) in [5, 5.41) is 2.49. The maximum atomic E-state index is 5.95. The third-order valence-corrected chi connectivity index (χ3v) is 10.0. The molecule has 4 heterocycles. The predicted octanol–water partition coefficient (Wildman–Crippen LogP) is 11.2. The second-order valence-corrected chi connectivity index (χ2v) is 12.9. The summed E-state index contributed by atoms with van der Waals surface area (Å²) in [7, 11) is 0. The van der Waals surface area contributed by atoms with Crippen molar-refractivity contribution in [2.45, 2.75) is 39.7 Å². The molecule has 3 aromatic heterocycles. The first-order chi connectivity index (χ1) is 23.1. The molecule has 0 saturated heterocycles. The van der Waals surface area contributed by atoms with E-state index in [1.807, 2.05) is 0 Å². The lowest BCUT2D eigenvalue weighted by Crippen LogP contribution is -2.18. The largest absolute Gasteiger partial charge is 0.340 e. The first-order valence-electron chi connectivity index (χ1n) is 16.2. The number of thiophene rings is 1. The van der Waals surface area contributed by atoms with Crippen molar-refractivity contribution in [3.63, 3.8) is 0 Å². The Bertz CT molecular complexity index is 2250. The first kappa shape index (κ1) is 30.3. The Morgan fingerprint density at radius 3 is 2.74 bits per heavy atom. The summed E-state index contributed by atoms with van der Waals surface area (Å²) >= 11 is 1.66. The lowest BCUT2D eigenvalue weighted by atomic mass is 9.97. The molecule has 1 aliphatic carbocycles. The van der Waals surface area contributed by atoms with Crippen LogP contribution in [0.25, 0.3) is 38.7 Å². The van der Waals surface area contributed by atoms with Gasteiger partial charge in [0.05, 0.1) is 16.3 Å². The molecular weight excluding hydrogens is 591 g/mol. The van der Waals surface area contributed by atoms with Gasteiger partial charge in [0.1, 0.15) is 5.82 Å². The van der Waals surface area contributed by atoms with E-state index in [1.165, 1.54) is 37.8 Å². The molecule has 1 aliphatic heterocycles. The van der Waals surface area contributed by atoms with E-state index in [-0.39, 0.29) is 0 Å². The maximum absolute atomic E-state index is 5.95. The molecule has 0 fully saturated rings. The molecule has 230 valence electrons. The van der Waals surface area contributed by atoms with Crippen LogP contribution in [0.1, 0.15) is 53.2 Å². The fraction of sp³-hybridized carbons (Fsp3) is 0.140. The first-order valence-corrected chi connectivity index (χ1v) is 17.0. The Hall–Kier alpha value is -5.37. The van der Waals surface area contributed by atoms with Crippen LogP contribution in [0.4, 0.5) is 11.5 Å². The minimum atomic E-state index is 0.832. The van der Waals surface area contributed by atoms with Crippen LogP contribution in [0.5, 0.6) is 0 Å². The van der Waals surface area contributed by atoms with Crippen LogP contribution >= 0.6 is 11.3 Å². The fourth-order valence-corrected chi connectivity index (χ4v) is 7.71. The van der Waals surface area contributed by atoms with Gasteiger partial charge in [-0.15, -0.1) is 17.8 Å². The van der Waals surface area contributed by atoms with Gasteiger partial charge >= 0.3 is 0 Å². The molecule has 0 unspecified atom stereocenters. The smallest absolute Gasteiger partial charge is 0.138 e. The number of pyridine rings is 1. The summed E-state index contributed by atoms with van der Waals surface area (Å²) in [6, 6.07) is 19.2. The molecule has 2 aromatic carbocycles. The van der Waals surface area contributed by atoms with Crippen LogP contribution in [0.15, 0.2) is 122 Å². The molecule has 3 nitrogen and oxygen atoms in total. The highest BCUT2D eigenvalue weighted by atomic mass is 32.1. The van der Waals surface area contributed by atoms with Gasteiger partial charge in [0, 0.05) is 56.5 Å². The molecule has 0 bridgehead atoms. The number of nitrogens with zero attached hydrogens (tertiary/aromatic N) is 3. The van der Waals surface area contributed by atoms with Gasteiger partial charge in [-0.3, -0.25) is 4.90 Å². The molecule has 2 aliphatic rings. The van der Waals surface area contributed by atoms with E-state index < -0.39 is 0 Å². The normalized spacial score (nSPS) is 15.6. The molecule has 0 amide bonds. The van der Waals surface area contributed by atoms with Gasteiger partial charge in [-0.1, -0.05) is 91.4 Å². The zero-order valence-corrected chi connectivity index (χ0v) is 27.7.